The van der Waals surface area contributed by atoms with E-state index in [1.54, 1.807) is 6.92 Å². The Bertz CT molecular complexity index is 717. The fraction of sp³-hybridized carbons (Fsp3) is 0.500. The van der Waals surface area contributed by atoms with Gasteiger partial charge in [-0.1, -0.05) is 12.1 Å². The second-order valence-corrected chi connectivity index (χ2v) is 7.55. The van der Waals surface area contributed by atoms with Crippen LogP contribution < -0.4 is 4.90 Å². The molecule has 5 nitrogen and oxygen atoms in total. The van der Waals surface area contributed by atoms with Crippen molar-refractivity contribution in [1.82, 2.24) is 0 Å². The number of esters is 1. The van der Waals surface area contributed by atoms with Crippen LogP contribution in [0.5, 0.6) is 0 Å². The highest BCUT2D eigenvalue weighted by Crippen LogP contribution is 2.40. The minimum absolute atomic E-state index is 0.0579. The van der Waals surface area contributed by atoms with E-state index in [4.69, 9.17) is 4.74 Å². The summed E-state index contributed by atoms with van der Waals surface area (Å²) in [5.74, 6) is -0.476. The van der Waals surface area contributed by atoms with E-state index < -0.39 is 31.6 Å². The van der Waals surface area contributed by atoms with Gasteiger partial charge in [-0.2, -0.15) is 13.2 Å². The SMILES string of the molecule is COC(=O)C1(C)CCN(c2ccccc2S(=O)(=O)C(F)(F)F)C1. The van der Waals surface area contributed by atoms with Gasteiger partial charge in [-0.05, 0) is 25.5 Å². The number of alkyl halides is 3. The quantitative estimate of drug-likeness (QED) is 0.783. The average molecular weight is 351 g/mol. The van der Waals surface area contributed by atoms with E-state index in [0.717, 1.165) is 6.07 Å². The standard InChI is InChI=1S/C14H16F3NO4S/c1-13(12(19)22-2)7-8-18(9-13)10-5-3-4-6-11(10)23(20,21)14(15,16)17/h3-6H,7-9H2,1-2H3. The number of benzene rings is 1. The summed E-state index contributed by atoms with van der Waals surface area (Å²) >= 11 is 0. The minimum atomic E-state index is -5.47. The van der Waals surface area contributed by atoms with Gasteiger partial charge in [0.05, 0.1) is 23.1 Å². The molecule has 0 spiro atoms. The molecule has 0 N–H and O–H groups in total. The van der Waals surface area contributed by atoms with Crippen LogP contribution in [0.4, 0.5) is 18.9 Å². The summed E-state index contributed by atoms with van der Waals surface area (Å²) in [6, 6.07) is 4.92. The van der Waals surface area contributed by atoms with Crippen LogP contribution in [-0.4, -0.2) is 40.1 Å². The molecule has 1 atom stereocenters. The summed E-state index contributed by atoms with van der Waals surface area (Å²) in [4.78, 5) is 12.5. The van der Waals surface area contributed by atoms with Crippen molar-refractivity contribution in [2.75, 3.05) is 25.1 Å². The molecular formula is C14H16F3NO4S. The molecule has 1 fully saturated rings. The Hall–Kier alpha value is -1.77. The lowest BCUT2D eigenvalue weighted by atomic mass is 9.90. The van der Waals surface area contributed by atoms with Crippen LogP contribution in [0.15, 0.2) is 29.2 Å². The molecule has 1 aliphatic heterocycles. The van der Waals surface area contributed by atoms with Crippen LogP contribution in [0, 0.1) is 5.41 Å². The molecule has 0 bridgehead atoms. The second kappa shape index (κ2) is 5.70. The maximum absolute atomic E-state index is 12.8. The maximum Gasteiger partial charge on any atom is 0.501 e. The Morgan fingerprint density at radius 1 is 1.30 bits per heavy atom. The van der Waals surface area contributed by atoms with Gasteiger partial charge < -0.3 is 9.64 Å². The molecule has 0 saturated carbocycles. The number of ether oxygens (including phenoxy) is 1. The molecule has 1 aromatic carbocycles. The molecular weight excluding hydrogens is 335 g/mol. The molecule has 1 aromatic rings. The van der Waals surface area contributed by atoms with Crippen molar-refractivity contribution in [1.29, 1.82) is 0 Å². The third-order valence-electron chi connectivity index (χ3n) is 3.95. The number of nitrogens with zero attached hydrogens (tertiary/aromatic N) is 1. The highest BCUT2D eigenvalue weighted by molar-refractivity contribution is 7.92. The third kappa shape index (κ3) is 3.01. The summed E-state index contributed by atoms with van der Waals surface area (Å²) < 4.78 is 66.7. The number of hydrogen-bond acceptors (Lipinski definition) is 5. The van der Waals surface area contributed by atoms with Crippen molar-refractivity contribution >= 4 is 21.5 Å². The van der Waals surface area contributed by atoms with Gasteiger partial charge in [0.25, 0.3) is 9.84 Å². The van der Waals surface area contributed by atoms with E-state index in [1.165, 1.54) is 30.2 Å². The third-order valence-corrected chi connectivity index (χ3v) is 5.49. The Morgan fingerprint density at radius 2 is 1.91 bits per heavy atom. The summed E-state index contributed by atoms with van der Waals surface area (Å²) in [5.41, 5.74) is -6.32. The first kappa shape index (κ1) is 17.6. The van der Waals surface area contributed by atoms with E-state index in [1.807, 2.05) is 0 Å². The van der Waals surface area contributed by atoms with Crippen molar-refractivity contribution < 1.29 is 31.1 Å². The Balaban J connectivity index is 2.43. The average Bonchev–Trinajstić information content (AvgIpc) is 2.89. The lowest BCUT2D eigenvalue weighted by molar-refractivity contribution is -0.150. The molecule has 0 radical (unpaired) electrons. The molecule has 1 aliphatic rings. The van der Waals surface area contributed by atoms with Gasteiger partial charge in [0, 0.05) is 13.1 Å². The summed E-state index contributed by atoms with van der Waals surface area (Å²) in [6.07, 6.45) is 0.361. The van der Waals surface area contributed by atoms with E-state index in [2.05, 4.69) is 0 Å². The predicted octanol–water partition coefficient (Wildman–Crippen LogP) is 2.37. The summed E-state index contributed by atoms with van der Waals surface area (Å²) in [5, 5.41) is 0. The van der Waals surface area contributed by atoms with Gasteiger partial charge in [-0.25, -0.2) is 8.42 Å². The molecule has 1 heterocycles. The molecule has 1 unspecified atom stereocenters. The molecule has 23 heavy (non-hydrogen) atoms. The molecule has 1 saturated heterocycles. The molecule has 0 amide bonds. The first-order valence-electron chi connectivity index (χ1n) is 6.77. The van der Waals surface area contributed by atoms with Gasteiger partial charge in [0.15, 0.2) is 0 Å². The Labute approximate surface area is 132 Å². The number of anilines is 1. The van der Waals surface area contributed by atoms with Crippen LogP contribution in [0.3, 0.4) is 0 Å². The van der Waals surface area contributed by atoms with Crippen LogP contribution in [0.25, 0.3) is 0 Å². The molecule has 9 heteroatoms. The second-order valence-electron chi connectivity index (χ2n) is 5.64. The van der Waals surface area contributed by atoms with Crippen molar-refractivity contribution in [2.24, 2.45) is 5.41 Å². The predicted molar refractivity (Wildman–Crippen MR) is 76.6 cm³/mol. The minimum Gasteiger partial charge on any atom is -0.469 e. The highest BCUT2D eigenvalue weighted by Gasteiger charge is 2.49. The molecule has 2 rings (SSSR count). The zero-order valence-corrected chi connectivity index (χ0v) is 13.4. The molecule has 0 aliphatic carbocycles. The van der Waals surface area contributed by atoms with Gasteiger partial charge in [-0.15, -0.1) is 0 Å². The van der Waals surface area contributed by atoms with E-state index >= 15 is 0 Å². The number of carbonyl (C=O) groups excluding carboxylic acids is 1. The van der Waals surface area contributed by atoms with Crippen molar-refractivity contribution in [2.45, 2.75) is 23.7 Å². The van der Waals surface area contributed by atoms with Crippen LogP contribution >= 0.6 is 0 Å². The van der Waals surface area contributed by atoms with Crippen molar-refractivity contribution in [3.8, 4) is 0 Å². The normalized spacial score (nSPS) is 22.2. The number of rotatable bonds is 3. The smallest absolute Gasteiger partial charge is 0.469 e. The fourth-order valence-electron chi connectivity index (χ4n) is 2.65. The van der Waals surface area contributed by atoms with Crippen LogP contribution in [0.1, 0.15) is 13.3 Å². The fourth-order valence-corrected chi connectivity index (χ4v) is 3.63. The van der Waals surface area contributed by atoms with E-state index in [9.17, 15) is 26.4 Å². The Kier molecular flexibility index (Phi) is 4.36. The zero-order valence-electron chi connectivity index (χ0n) is 12.6. The lowest BCUT2D eigenvalue weighted by Gasteiger charge is -2.25. The number of halogens is 3. The van der Waals surface area contributed by atoms with Crippen LogP contribution in [-0.2, 0) is 19.4 Å². The van der Waals surface area contributed by atoms with Crippen molar-refractivity contribution in [3.63, 3.8) is 0 Å². The first-order valence-corrected chi connectivity index (χ1v) is 8.25. The van der Waals surface area contributed by atoms with E-state index in [0.29, 0.717) is 6.42 Å². The van der Waals surface area contributed by atoms with Gasteiger partial charge in [0.2, 0.25) is 0 Å². The number of sulfone groups is 1. The number of methoxy groups -OCH3 is 1. The maximum atomic E-state index is 12.8. The lowest BCUT2D eigenvalue weighted by Crippen LogP contribution is -2.34. The van der Waals surface area contributed by atoms with E-state index in [-0.39, 0.29) is 18.8 Å². The summed E-state index contributed by atoms with van der Waals surface area (Å²) in [6.45, 7) is 1.99. The highest BCUT2D eigenvalue weighted by atomic mass is 32.2. The number of hydrogen-bond donors (Lipinski definition) is 0. The first-order chi connectivity index (χ1) is 10.5. The number of para-hydroxylation sites is 1. The Morgan fingerprint density at radius 3 is 2.48 bits per heavy atom. The van der Waals surface area contributed by atoms with Crippen molar-refractivity contribution in [3.05, 3.63) is 24.3 Å². The largest absolute Gasteiger partial charge is 0.501 e. The van der Waals surface area contributed by atoms with Crippen LogP contribution in [0.2, 0.25) is 0 Å². The molecule has 0 aromatic heterocycles. The monoisotopic (exact) mass is 351 g/mol. The summed E-state index contributed by atoms with van der Waals surface area (Å²) in [7, 11) is -4.23. The zero-order chi connectivity index (χ0) is 17.5. The van der Waals surface area contributed by atoms with Gasteiger partial charge in [-0.3, -0.25) is 4.79 Å². The molecule has 128 valence electrons. The topological polar surface area (TPSA) is 63.7 Å². The van der Waals surface area contributed by atoms with Gasteiger partial charge >= 0.3 is 11.5 Å². The number of carbonyl (C=O) groups is 1. The van der Waals surface area contributed by atoms with Gasteiger partial charge in [0.1, 0.15) is 0 Å².